The van der Waals surface area contributed by atoms with Crippen LogP contribution in [-0.4, -0.2) is 23.8 Å². The van der Waals surface area contributed by atoms with Gasteiger partial charge < -0.3 is 14.5 Å². The zero-order valence-corrected chi connectivity index (χ0v) is 15.2. The van der Waals surface area contributed by atoms with Crippen LogP contribution in [0.25, 0.3) is 11.0 Å². The number of carbonyl (C=O) groups is 3. The minimum atomic E-state index is -1.13. The number of para-hydroxylation sites is 1. The summed E-state index contributed by atoms with van der Waals surface area (Å²) in [6.07, 6.45) is -1.13. The number of Topliss-reactive ketones (excluding diaryl/α,β-unsaturated/α-hetero) is 1. The molecular formula is C21H17NO6. The summed E-state index contributed by atoms with van der Waals surface area (Å²) < 4.78 is 10.5. The Labute approximate surface area is 159 Å². The van der Waals surface area contributed by atoms with Gasteiger partial charge in [-0.25, -0.2) is 4.79 Å². The van der Waals surface area contributed by atoms with E-state index in [1.54, 1.807) is 48.5 Å². The number of rotatable bonds is 5. The van der Waals surface area contributed by atoms with Gasteiger partial charge >= 0.3 is 5.97 Å². The molecule has 1 heterocycles. The first-order valence-corrected chi connectivity index (χ1v) is 8.51. The highest BCUT2D eigenvalue weighted by molar-refractivity contribution is 5.98. The number of ketones is 1. The average molecular weight is 379 g/mol. The summed E-state index contributed by atoms with van der Waals surface area (Å²) in [6.45, 7) is 2.84. The molecule has 0 spiro atoms. The van der Waals surface area contributed by atoms with E-state index in [2.05, 4.69) is 5.32 Å². The van der Waals surface area contributed by atoms with Crippen molar-refractivity contribution < 1.29 is 23.5 Å². The molecule has 1 atom stereocenters. The number of hydrogen-bond donors (Lipinski definition) is 1. The summed E-state index contributed by atoms with van der Waals surface area (Å²) in [7, 11) is 0. The van der Waals surface area contributed by atoms with Crippen molar-refractivity contribution in [2.24, 2.45) is 0 Å². The van der Waals surface area contributed by atoms with Crippen LogP contribution in [0.2, 0.25) is 0 Å². The second-order valence-corrected chi connectivity index (χ2v) is 6.14. The number of carbonyl (C=O) groups excluding carboxylic acids is 3. The Kier molecular flexibility index (Phi) is 5.35. The van der Waals surface area contributed by atoms with Crippen molar-refractivity contribution in [3.63, 3.8) is 0 Å². The summed E-state index contributed by atoms with van der Waals surface area (Å²) >= 11 is 0. The van der Waals surface area contributed by atoms with Crippen molar-refractivity contribution in [1.29, 1.82) is 0 Å². The van der Waals surface area contributed by atoms with Gasteiger partial charge in [-0.1, -0.05) is 12.1 Å². The van der Waals surface area contributed by atoms with E-state index in [0.29, 0.717) is 16.6 Å². The third-order valence-corrected chi connectivity index (χ3v) is 4.05. The lowest BCUT2D eigenvalue weighted by molar-refractivity contribution is -0.123. The van der Waals surface area contributed by atoms with Crippen molar-refractivity contribution >= 4 is 34.3 Å². The molecule has 0 aliphatic rings. The number of nitrogens with one attached hydrogen (secondary N) is 1. The van der Waals surface area contributed by atoms with Crippen LogP contribution in [0.3, 0.4) is 0 Å². The first kappa shape index (κ1) is 19.0. The number of ether oxygens (including phenoxy) is 1. The summed E-state index contributed by atoms with van der Waals surface area (Å²) in [6, 6.07) is 13.9. The lowest BCUT2D eigenvalue weighted by atomic mass is 10.1. The quantitative estimate of drug-likeness (QED) is 0.539. The number of benzene rings is 2. The average Bonchev–Trinajstić information content (AvgIpc) is 2.68. The highest BCUT2D eigenvalue weighted by Crippen LogP contribution is 2.14. The molecule has 3 aromatic rings. The Morgan fingerprint density at radius 3 is 2.39 bits per heavy atom. The van der Waals surface area contributed by atoms with Gasteiger partial charge in [-0.15, -0.1) is 0 Å². The Morgan fingerprint density at radius 1 is 1.04 bits per heavy atom. The molecule has 0 saturated carbocycles. The Hall–Kier alpha value is -3.74. The van der Waals surface area contributed by atoms with Gasteiger partial charge in [-0.3, -0.25) is 14.4 Å². The second kappa shape index (κ2) is 7.87. The van der Waals surface area contributed by atoms with Crippen molar-refractivity contribution in [2.45, 2.75) is 20.0 Å². The third kappa shape index (κ3) is 4.15. The van der Waals surface area contributed by atoms with E-state index in [0.717, 1.165) is 6.07 Å². The minimum absolute atomic E-state index is 0.0861. The molecule has 1 aromatic heterocycles. The summed E-state index contributed by atoms with van der Waals surface area (Å²) in [5.74, 6) is -1.85. The molecule has 0 unspecified atom stereocenters. The fraction of sp³-hybridized carbons (Fsp3) is 0.143. The first-order chi connectivity index (χ1) is 13.3. The zero-order valence-electron chi connectivity index (χ0n) is 15.2. The summed E-state index contributed by atoms with van der Waals surface area (Å²) in [5, 5.41) is 2.93. The van der Waals surface area contributed by atoms with Crippen molar-refractivity contribution in [3.05, 3.63) is 76.1 Å². The van der Waals surface area contributed by atoms with E-state index in [1.807, 2.05) is 0 Å². The maximum Gasteiger partial charge on any atom is 0.375 e. The Morgan fingerprint density at radius 2 is 1.71 bits per heavy atom. The molecular weight excluding hydrogens is 362 g/mol. The van der Waals surface area contributed by atoms with Crippen molar-refractivity contribution in [2.75, 3.05) is 5.32 Å². The number of anilines is 1. The largest absolute Gasteiger partial charge is 0.449 e. The molecule has 0 saturated heterocycles. The number of hydrogen-bond acceptors (Lipinski definition) is 6. The van der Waals surface area contributed by atoms with Crippen LogP contribution in [0.1, 0.15) is 34.8 Å². The normalized spacial score (nSPS) is 11.6. The third-order valence-electron chi connectivity index (χ3n) is 4.05. The molecule has 1 N–H and O–H groups in total. The van der Waals surface area contributed by atoms with Crippen molar-refractivity contribution in [3.8, 4) is 0 Å². The van der Waals surface area contributed by atoms with Crippen LogP contribution < -0.4 is 10.7 Å². The molecule has 0 bridgehead atoms. The van der Waals surface area contributed by atoms with Crippen molar-refractivity contribution in [1.82, 2.24) is 0 Å². The van der Waals surface area contributed by atoms with Gasteiger partial charge in [0.1, 0.15) is 5.58 Å². The maximum atomic E-state index is 12.3. The molecule has 28 heavy (non-hydrogen) atoms. The fourth-order valence-electron chi connectivity index (χ4n) is 2.51. The van der Waals surface area contributed by atoms with Gasteiger partial charge in [0.15, 0.2) is 17.3 Å². The van der Waals surface area contributed by atoms with Gasteiger partial charge in [0, 0.05) is 17.3 Å². The maximum absolute atomic E-state index is 12.3. The van der Waals surface area contributed by atoms with Crippen LogP contribution in [-0.2, 0) is 9.53 Å². The Bertz CT molecular complexity index is 1110. The van der Waals surface area contributed by atoms with Gasteiger partial charge in [-0.2, -0.15) is 0 Å². The van der Waals surface area contributed by atoms with Gasteiger partial charge in [0.2, 0.25) is 5.76 Å². The zero-order chi connectivity index (χ0) is 20.3. The van der Waals surface area contributed by atoms with Crippen LogP contribution in [0.15, 0.2) is 63.8 Å². The predicted molar refractivity (Wildman–Crippen MR) is 102 cm³/mol. The molecule has 3 rings (SSSR count). The smallest absolute Gasteiger partial charge is 0.375 e. The van der Waals surface area contributed by atoms with E-state index >= 15 is 0 Å². The molecule has 142 valence electrons. The van der Waals surface area contributed by atoms with Crippen LogP contribution in [0.5, 0.6) is 0 Å². The standard InChI is InChI=1S/C21H17NO6/c1-12(23)14-7-9-15(10-8-14)22-20(25)13(2)27-21(26)19-11-17(24)16-5-3-4-6-18(16)28-19/h3-11,13H,1-2H3,(H,22,25)/t13-/m1/s1. The fourth-order valence-corrected chi connectivity index (χ4v) is 2.51. The highest BCUT2D eigenvalue weighted by Gasteiger charge is 2.21. The molecule has 0 radical (unpaired) electrons. The van der Waals surface area contributed by atoms with Gasteiger partial charge in [0.25, 0.3) is 5.91 Å². The Balaban J connectivity index is 1.69. The number of amides is 1. The van der Waals surface area contributed by atoms with E-state index < -0.39 is 18.0 Å². The van der Waals surface area contributed by atoms with E-state index in [-0.39, 0.29) is 22.6 Å². The van der Waals surface area contributed by atoms with Crippen LogP contribution in [0, 0.1) is 0 Å². The molecule has 2 aromatic carbocycles. The SMILES string of the molecule is CC(=O)c1ccc(NC(=O)[C@@H](C)OC(=O)c2cc(=O)c3ccccc3o2)cc1. The highest BCUT2D eigenvalue weighted by atomic mass is 16.6. The monoisotopic (exact) mass is 379 g/mol. The molecule has 0 aliphatic carbocycles. The number of fused-ring (bicyclic) bond motifs is 1. The van der Waals surface area contributed by atoms with Crippen LogP contribution >= 0.6 is 0 Å². The number of esters is 1. The molecule has 7 nitrogen and oxygen atoms in total. The lowest BCUT2D eigenvalue weighted by Gasteiger charge is -2.13. The van der Waals surface area contributed by atoms with E-state index in [9.17, 15) is 19.2 Å². The molecule has 7 heteroatoms. The summed E-state index contributed by atoms with van der Waals surface area (Å²) in [4.78, 5) is 47.8. The topological polar surface area (TPSA) is 103 Å². The van der Waals surface area contributed by atoms with Gasteiger partial charge in [-0.05, 0) is 50.2 Å². The summed E-state index contributed by atoms with van der Waals surface area (Å²) in [5.41, 5.74) is 0.847. The molecule has 1 amide bonds. The van der Waals surface area contributed by atoms with Gasteiger partial charge in [0.05, 0.1) is 5.39 Å². The second-order valence-electron chi connectivity index (χ2n) is 6.14. The minimum Gasteiger partial charge on any atom is -0.449 e. The lowest BCUT2D eigenvalue weighted by Crippen LogP contribution is -2.30. The first-order valence-electron chi connectivity index (χ1n) is 8.51. The van der Waals surface area contributed by atoms with E-state index in [1.165, 1.54) is 13.8 Å². The predicted octanol–water partition coefficient (Wildman–Crippen LogP) is 3.18. The van der Waals surface area contributed by atoms with E-state index in [4.69, 9.17) is 9.15 Å². The molecule has 0 fully saturated rings. The molecule has 0 aliphatic heterocycles. The van der Waals surface area contributed by atoms with Crippen LogP contribution in [0.4, 0.5) is 5.69 Å².